The van der Waals surface area contributed by atoms with Crippen LogP contribution >= 0.6 is 0 Å². The maximum absolute atomic E-state index is 12.5. The van der Waals surface area contributed by atoms with E-state index in [0.717, 1.165) is 24.8 Å². The van der Waals surface area contributed by atoms with E-state index in [4.69, 9.17) is 4.74 Å². The van der Waals surface area contributed by atoms with Crippen LogP contribution in [0.1, 0.15) is 41.3 Å². The van der Waals surface area contributed by atoms with Crippen molar-refractivity contribution in [1.29, 1.82) is 0 Å². The highest BCUT2D eigenvalue weighted by atomic mass is 16.5. The Kier molecular flexibility index (Phi) is 3.89. The molecule has 1 fully saturated rings. The summed E-state index contributed by atoms with van der Waals surface area (Å²) in [6.07, 6.45) is 2.68. The summed E-state index contributed by atoms with van der Waals surface area (Å²) in [6.45, 7) is 2.59. The van der Waals surface area contributed by atoms with E-state index in [1.165, 1.54) is 11.1 Å². The van der Waals surface area contributed by atoms with E-state index in [0.29, 0.717) is 6.61 Å². The van der Waals surface area contributed by atoms with Crippen LogP contribution in [-0.4, -0.2) is 18.0 Å². The third kappa shape index (κ3) is 3.06. The first kappa shape index (κ1) is 14.0. The molecule has 0 N–H and O–H groups in total. The Labute approximate surface area is 125 Å². The maximum atomic E-state index is 12.5. The summed E-state index contributed by atoms with van der Waals surface area (Å²) in [5.41, 5.74) is 2.62. The van der Waals surface area contributed by atoms with E-state index < -0.39 is 5.60 Å². The maximum Gasteiger partial charge on any atom is 0.194 e. The third-order valence-corrected chi connectivity index (χ3v) is 4.17. The van der Waals surface area contributed by atoms with Gasteiger partial charge < -0.3 is 4.74 Å². The van der Waals surface area contributed by atoms with Gasteiger partial charge in [-0.1, -0.05) is 54.6 Å². The van der Waals surface area contributed by atoms with Gasteiger partial charge in [-0.15, -0.1) is 0 Å². The molecule has 0 aliphatic carbocycles. The van der Waals surface area contributed by atoms with Crippen LogP contribution in [0.2, 0.25) is 0 Å². The Balaban J connectivity index is 1.73. The van der Waals surface area contributed by atoms with Crippen molar-refractivity contribution < 1.29 is 9.53 Å². The summed E-state index contributed by atoms with van der Waals surface area (Å²) in [7, 11) is 0. The Morgan fingerprint density at radius 2 is 1.71 bits per heavy atom. The molecule has 0 amide bonds. The summed E-state index contributed by atoms with van der Waals surface area (Å²) >= 11 is 0. The molecule has 0 radical (unpaired) electrons. The van der Waals surface area contributed by atoms with Gasteiger partial charge in [-0.2, -0.15) is 0 Å². The van der Waals surface area contributed by atoms with Crippen LogP contribution in [0.3, 0.4) is 0 Å². The highest BCUT2D eigenvalue weighted by Gasteiger charge is 2.37. The minimum absolute atomic E-state index is 0.103. The average molecular weight is 280 g/mol. The number of Topliss-reactive ketones (excluding diaryl/α,β-unsaturated/α-hetero) is 1. The van der Waals surface area contributed by atoms with Crippen molar-refractivity contribution in [2.75, 3.05) is 6.61 Å². The monoisotopic (exact) mass is 280 g/mol. The molecule has 108 valence electrons. The van der Waals surface area contributed by atoms with Gasteiger partial charge in [-0.25, -0.2) is 0 Å². The van der Waals surface area contributed by atoms with Gasteiger partial charge in [0.1, 0.15) is 5.60 Å². The largest absolute Gasteiger partial charge is 0.367 e. The highest BCUT2D eigenvalue weighted by Crippen LogP contribution is 2.29. The normalized spacial score (nSPS) is 21.4. The molecule has 2 aromatic rings. The van der Waals surface area contributed by atoms with Crippen LogP contribution in [0.15, 0.2) is 54.6 Å². The van der Waals surface area contributed by atoms with E-state index in [-0.39, 0.29) is 5.78 Å². The Bertz CT molecular complexity index is 608. The fourth-order valence-corrected chi connectivity index (χ4v) is 2.87. The smallest absolute Gasteiger partial charge is 0.194 e. The fourth-order valence-electron chi connectivity index (χ4n) is 2.87. The molecule has 1 aliphatic heterocycles. The molecule has 0 spiro atoms. The SMILES string of the molecule is CC1(C(=O)c2ccc(Cc3ccccc3)cc2)CCCO1. The lowest BCUT2D eigenvalue weighted by Crippen LogP contribution is -2.34. The molecule has 21 heavy (non-hydrogen) atoms. The van der Waals surface area contributed by atoms with Crippen LogP contribution < -0.4 is 0 Å². The van der Waals surface area contributed by atoms with Crippen molar-refractivity contribution in [3.8, 4) is 0 Å². The van der Waals surface area contributed by atoms with E-state index >= 15 is 0 Å². The van der Waals surface area contributed by atoms with Crippen LogP contribution in [0, 0.1) is 0 Å². The van der Waals surface area contributed by atoms with Gasteiger partial charge in [-0.05, 0) is 37.3 Å². The Morgan fingerprint density at radius 3 is 2.33 bits per heavy atom. The number of rotatable bonds is 4. The molecular formula is C19H20O2. The number of ketones is 1. The van der Waals surface area contributed by atoms with Crippen LogP contribution in [0.5, 0.6) is 0 Å². The molecule has 2 nitrogen and oxygen atoms in total. The summed E-state index contributed by atoms with van der Waals surface area (Å²) in [5.74, 6) is 0.103. The van der Waals surface area contributed by atoms with Crippen molar-refractivity contribution in [3.63, 3.8) is 0 Å². The second-order valence-electron chi connectivity index (χ2n) is 5.87. The zero-order valence-electron chi connectivity index (χ0n) is 12.3. The molecule has 1 heterocycles. The van der Waals surface area contributed by atoms with Gasteiger partial charge in [0.2, 0.25) is 0 Å². The van der Waals surface area contributed by atoms with E-state index in [9.17, 15) is 4.79 Å². The Hall–Kier alpha value is -1.93. The number of carbonyl (C=O) groups is 1. The van der Waals surface area contributed by atoms with Gasteiger partial charge in [0, 0.05) is 12.2 Å². The molecule has 0 aromatic heterocycles. The summed E-state index contributed by atoms with van der Waals surface area (Å²) < 4.78 is 5.63. The molecule has 2 heteroatoms. The van der Waals surface area contributed by atoms with E-state index in [1.807, 2.05) is 49.4 Å². The number of hydrogen-bond donors (Lipinski definition) is 0. The van der Waals surface area contributed by atoms with Crippen molar-refractivity contribution in [1.82, 2.24) is 0 Å². The fraction of sp³-hybridized carbons (Fsp3) is 0.316. The lowest BCUT2D eigenvalue weighted by molar-refractivity contribution is 0.0213. The van der Waals surface area contributed by atoms with Crippen molar-refractivity contribution in [2.24, 2.45) is 0 Å². The first-order chi connectivity index (χ1) is 10.2. The molecular weight excluding hydrogens is 260 g/mol. The summed E-state index contributed by atoms with van der Waals surface area (Å²) in [4.78, 5) is 12.5. The predicted molar refractivity (Wildman–Crippen MR) is 83.6 cm³/mol. The van der Waals surface area contributed by atoms with Crippen LogP contribution in [-0.2, 0) is 11.2 Å². The van der Waals surface area contributed by atoms with Gasteiger partial charge in [-0.3, -0.25) is 4.79 Å². The second-order valence-corrected chi connectivity index (χ2v) is 5.87. The summed E-state index contributed by atoms with van der Waals surface area (Å²) in [5, 5.41) is 0. The minimum atomic E-state index is -0.624. The quantitative estimate of drug-likeness (QED) is 0.790. The van der Waals surface area contributed by atoms with Gasteiger partial charge in [0.05, 0.1) is 0 Å². The van der Waals surface area contributed by atoms with Crippen LogP contribution in [0.4, 0.5) is 0 Å². The lowest BCUT2D eigenvalue weighted by atomic mass is 9.91. The zero-order chi connectivity index (χ0) is 14.7. The molecule has 1 aliphatic rings. The van der Waals surface area contributed by atoms with Crippen LogP contribution in [0.25, 0.3) is 0 Å². The van der Waals surface area contributed by atoms with Crippen molar-refractivity contribution in [2.45, 2.75) is 31.8 Å². The zero-order valence-corrected chi connectivity index (χ0v) is 12.3. The highest BCUT2D eigenvalue weighted by molar-refractivity contribution is 6.02. The standard InChI is InChI=1S/C19H20O2/c1-19(12-5-13-21-19)18(20)17-10-8-16(9-11-17)14-15-6-3-2-4-7-15/h2-4,6-11H,5,12-14H2,1H3. The first-order valence-electron chi connectivity index (χ1n) is 7.49. The third-order valence-electron chi connectivity index (χ3n) is 4.17. The van der Waals surface area contributed by atoms with Crippen molar-refractivity contribution >= 4 is 5.78 Å². The molecule has 0 saturated carbocycles. The minimum Gasteiger partial charge on any atom is -0.367 e. The molecule has 0 bridgehead atoms. The average Bonchev–Trinajstić information content (AvgIpc) is 2.96. The van der Waals surface area contributed by atoms with E-state index in [1.54, 1.807) is 0 Å². The first-order valence-corrected chi connectivity index (χ1v) is 7.49. The van der Waals surface area contributed by atoms with Crippen molar-refractivity contribution in [3.05, 3.63) is 71.3 Å². The lowest BCUT2D eigenvalue weighted by Gasteiger charge is -2.21. The number of hydrogen-bond acceptors (Lipinski definition) is 2. The molecule has 1 saturated heterocycles. The second kappa shape index (κ2) is 5.82. The summed E-state index contributed by atoms with van der Waals surface area (Å²) in [6, 6.07) is 18.3. The number of benzene rings is 2. The molecule has 3 rings (SSSR count). The van der Waals surface area contributed by atoms with E-state index in [2.05, 4.69) is 12.1 Å². The molecule has 1 unspecified atom stereocenters. The number of ether oxygens (including phenoxy) is 1. The predicted octanol–water partition coefficient (Wildman–Crippen LogP) is 4.03. The topological polar surface area (TPSA) is 26.3 Å². The van der Waals surface area contributed by atoms with Gasteiger partial charge >= 0.3 is 0 Å². The Morgan fingerprint density at radius 1 is 1.05 bits per heavy atom. The van der Waals surface area contributed by atoms with Gasteiger partial charge in [0.15, 0.2) is 5.78 Å². The molecule has 1 atom stereocenters. The number of carbonyl (C=O) groups excluding carboxylic acids is 1. The molecule has 2 aromatic carbocycles. The van der Waals surface area contributed by atoms with Gasteiger partial charge in [0.25, 0.3) is 0 Å².